The average Bonchev–Trinajstić information content (AvgIpc) is 2.29. The van der Waals surface area contributed by atoms with E-state index in [2.05, 4.69) is 43.8 Å². The molecule has 1 aromatic rings. The normalized spacial score (nSPS) is 10.7. The molecule has 15 heavy (non-hydrogen) atoms. The third-order valence-electron chi connectivity index (χ3n) is 2.51. The van der Waals surface area contributed by atoms with Crippen LogP contribution in [0.25, 0.3) is 0 Å². The first-order valence-corrected chi connectivity index (χ1v) is 5.72. The van der Waals surface area contributed by atoms with E-state index >= 15 is 0 Å². The van der Waals surface area contributed by atoms with Gasteiger partial charge >= 0.3 is 0 Å². The minimum atomic E-state index is 1.13. The van der Waals surface area contributed by atoms with E-state index < -0.39 is 0 Å². The van der Waals surface area contributed by atoms with Crippen LogP contribution in [0, 0.1) is 0 Å². The Kier molecular flexibility index (Phi) is 5.54. The monoisotopic (exact) mass is 200 g/mol. The maximum Gasteiger partial charge on any atom is -0.0276 e. The van der Waals surface area contributed by atoms with Crippen molar-refractivity contribution >= 4 is 0 Å². The molecule has 1 rings (SSSR count). The van der Waals surface area contributed by atoms with Crippen molar-refractivity contribution in [2.45, 2.75) is 32.6 Å². The van der Waals surface area contributed by atoms with Crippen molar-refractivity contribution in [2.24, 2.45) is 0 Å². The number of allylic oxidation sites excluding steroid dienone is 3. The Labute approximate surface area is 93.3 Å². The molecular formula is C15H20. The van der Waals surface area contributed by atoms with Crippen molar-refractivity contribution in [3.63, 3.8) is 0 Å². The molecule has 0 aliphatic carbocycles. The molecule has 0 radical (unpaired) electrons. The van der Waals surface area contributed by atoms with E-state index in [0.717, 1.165) is 12.8 Å². The van der Waals surface area contributed by atoms with Crippen LogP contribution in [0.4, 0.5) is 0 Å². The van der Waals surface area contributed by atoms with Crippen LogP contribution in [0.1, 0.15) is 30.9 Å². The predicted octanol–water partition coefficient (Wildman–Crippen LogP) is 4.31. The van der Waals surface area contributed by atoms with Gasteiger partial charge in [0.15, 0.2) is 0 Å². The van der Waals surface area contributed by atoms with Gasteiger partial charge in [0.1, 0.15) is 0 Å². The maximum atomic E-state index is 3.65. The topological polar surface area (TPSA) is 0 Å². The molecule has 0 amide bonds. The van der Waals surface area contributed by atoms with Crippen LogP contribution >= 0.6 is 0 Å². The molecule has 0 N–H and O–H groups in total. The zero-order chi connectivity index (χ0) is 10.9. The van der Waals surface area contributed by atoms with Gasteiger partial charge < -0.3 is 0 Å². The van der Waals surface area contributed by atoms with Crippen LogP contribution in [-0.4, -0.2) is 0 Å². The van der Waals surface area contributed by atoms with Gasteiger partial charge in [-0.25, -0.2) is 0 Å². The van der Waals surface area contributed by atoms with Gasteiger partial charge in [-0.2, -0.15) is 0 Å². The van der Waals surface area contributed by atoms with Gasteiger partial charge in [-0.1, -0.05) is 56.0 Å². The van der Waals surface area contributed by atoms with Crippen molar-refractivity contribution in [1.29, 1.82) is 0 Å². The lowest BCUT2D eigenvalue weighted by molar-refractivity contribution is 0.841. The Morgan fingerprint density at radius 2 is 2.07 bits per heavy atom. The van der Waals surface area contributed by atoms with Crippen molar-refractivity contribution in [1.82, 2.24) is 0 Å². The minimum absolute atomic E-state index is 1.13. The van der Waals surface area contributed by atoms with Gasteiger partial charge in [0, 0.05) is 0 Å². The maximum absolute atomic E-state index is 3.65. The molecule has 1 aromatic carbocycles. The second-order valence-electron chi connectivity index (χ2n) is 3.73. The summed E-state index contributed by atoms with van der Waals surface area (Å²) in [5, 5.41) is 0. The van der Waals surface area contributed by atoms with E-state index in [0.29, 0.717) is 0 Å². The zero-order valence-corrected chi connectivity index (χ0v) is 9.58. The first-order chi connectivity index (χ1) is 7.36. The van der Waals surface area contributed by atoms with E-state index in [1.54, 1.807) is 0 Å². The summed E-state index contributed by atoms with van der Waals surface area (Å²) in [7, 11) is 0. The second kappa shape index (κ2) is 7.05. The van der Waals surface area contributed by atoms with Gasteiger partial charge in [0.25, 0.3) is 0 Å². The van der Waals surface area contributed by atoms with Crippen molar-refractivity contribution in [3.8, 4) is 0 Å². The van der Waals surface area contributed by atoms with Crippen molar-refractivity contribution in [3.05, 3.63) is 60.2 Å². The molecular weight excluding hydrogens is 180 g/mol. The lowest BCUT2D eigenvalue weighted by atomic mass is 10.0. The number of benzene rings is 1. The highest BCUT2D eigenvalue weighted by molar-refractivity contribution is 5.23. The Bertz CT molecular complexity index is 321. The molecule has 0 heteroatoms. The Balaban J connectivity index is 2.36. The van der Waals surface area contributed by atoms with E-state index in [4.69, 9.17) is 0 Å². The predicted molar refractivity (Wildman–Crippen MR) is 68.1 cm³/mol. The molecule has 0 aromatic heterocycles. The van der Waals surface area contributed by atoms with Crippen molar-refractivity contribution in [2.75, 3.05) is 0 Å². The first kappa shape index (κ1) is 11.8. The molecule has 0 unspecified atom stereocenters. The smallest absolute Gasteiger partial charge is 0.0276 e. The summed E-state index contributed by atoms with van der Waals surface area (Å²) in [6.07, 6.45) is 10.7. The summed E-state index contributed by atoms with van der Waals surface area (Å²) < 4.78 is 0. The molecule has 0 aliphatic rings. The quantitative estimate of drug-likeness (QED) is 0.474. The molecule has 0 bridgehead atoms. The second-order valence-corrected chi connectivity index (χ2v) is 3.73. The van der Waals surface area contributed by atoms with Gasteiger partial charge in [-0.15, -0.1) is 0 Å². The Morgan fingerprint density at radius 3 is 2.80 bits per heavy atom. The zero-order valence-electron chi connectivity index (χ0n) is 9.58. The minimum Gasteiger partial charge on any atom is -0.0991 e. The van der Waals surface area contributed by atoms with Gasteiger partial charge in [0.05, 0.1) is 0 Å². The summed E-state index contributed by atoms with van der Waals surface area (Å²) in [4.78, 5) is 0. The number of unbranched alkanes of at least 4 members (excludes halogenated alkanes) is 1. The summed E-state index contributed by atoms with van der Waals surface area (Å²) in [5.74, 6) is 0. The van der Waals surface area contributed by atoms with Crippen LogP contribution in [-0.2, 0) is 12.8 Å². The third-order valence-corrected chi connectivity index (χ3v) is 2.51. The van der Waals surface area contributed by atoms with E-state index in [-0.39, 0.29) is 0 Å². The highest BCUT2D eigenvalue weighted by Crippen LogP contribution is 2.09. The lowest BCUT2D eigenvalue weighted by Crippen LogP contribution is -1.87. The van der Waals surface area contributed by atoms with Crippen molar-refractivity contribution < 1.29 is 0 Å². The van der Waals surface area contributed by atoms with Gasteiger partial charge in [0.2, 0.25) is 0 Å². The Hall–Kier alpha value is -1.30. The lowest BCUT2D eigenvalue weighted by Gasteiger charge is -2.02. The third kappa shape index (κ3) is 4.64. The molecule has 0 fully saturated rings. The number of rotatable bonds is 6. The highest BCUT2D eigenvalue weighted by atomic mass is 14.0. The van der Waals surface area contributed by atoms with Crippen LogP contribution in [0.15, 0.2) is 49.1 Å². The summed E-state index contributed by atoms with van der Waals surface area (Å²) >= 11 is 0. The number of aryl methyl sites for hydroxylation is 2. The molecule has 0 aliphatic heterocycles. The Morgan fingerprint density at radius 1 is 1.27 bits per heavy atom. The highest BCUT2D eigenvalue weighted by Gasteiger charge is 1.93. The van der Waals surface area contributed by atoms with Crippen LogP contribution < -0.4 is 0 Å². The molecule has 0 heterocycles. The summed E-state index contributed by atoms with van der Waals surface area (Å²) in [6, 6.07) is 8.89. The van der Waals surface area contributed by atoms with Gasteiger partial charge in [-0.3, -0.25) is 0 Å². The molecule has 80 valence electrons. The van der Waals surface area contributed by atoms with Crippen LogP contribution in [0.2, 0.25) is 0 Å². The van der Waals surface area contributed by atoms with E-state index in [1.807, 2.05) is 12.2 Å². The van der Waals surface area contributed by atoms with Crippen LogP contribution in [0.5, 0.6) is 0 Å². The number of hydrogen-bond donors (Lipinski definition) is 0. The molecule has 0 saturated carbocycles. The summed E-state index contributed by atoms with van der Waals surface area (Å²) in [5.41, 5.74) is 2.90. The average molecular weight is 200 g/mol. The van der Waals surface area contributed by atoms with Crippen LogP contribution in [0.3, 0.4) is 0 Å². The van der Waals surface area contributed by atoms with E-state index in [9.17, 15) is 0 Å². The van der Waals surface area contributed by atoms with E-state index in [1.165, 1.54) is 24.0 Å². The fourth-order valence-corrected chi connectivity index (χ4v) is 1.62. The SMILES string of the molecule is C=CC=CCCCc1cccc(CC)c1. The largest absolute Gasteiger partial charge is 0.0991 e. The standard InChI is InChI=1S/C15H20/c1-3-5-6-7-8-10-15-12-9-11-14(4-2)13-15/h3,5-6,9,11-13H,1,4,7-8,10H2,2H3. The molecule has 0 spiro atoms. The number of hydrogen-bond acceptors (Lipinski definition) is 0. The molecule has 0 atom stereocenters. The van der Waals surface area contributed by atoms with Gasteiger partial charge in [-0.05, 0) is 36.8 Å². The fourth-order valence-electron chi connectivity index (χ4n) is 1.62. The summed E-state index contributed by atoms with van der Waals surface area (Å²) in [6.45, 7) is 5.85. The first-order valence-electron chi connectivity index (χ1n) is 5.72. The molecule has 0 nitrogen and oxygen atoms in total. The fraction of sp³-hybridized carbons (Fsp3) is 0.333. The molecule has 0 saturated heterocycles.